The molecule has 0 aliphatic heterocycles. The van der Waals surface area contributed by atoms with E-state index >= 15 is 0 Å². The van der Waals surface area contributed by atoms with Gasteiger partial charge in [0.2, 0.25) is 5.91 Å². The number of carbonyl (C=O) groups excluding carboxylic acids is 1. The van der Waals surface area contributed by atoms with Crippen LogP contribution in [-0.4, -0.2) is 24.7 Å². The minimum absolute atomic E-state index is 0.0592. The van der Waals surface area contributed by atoms with Crippen LogP contribution in [-0.2, 0) is 11.2 Å². The molecule has 4 nitrogen and oxygen atoms in total. The van der Waals surface area contributed by atoms with Gasteiger partial charge in [0.15, 0.2) is 0 Å². The Morgan fingerprint density at radius 1 is 1.17 bits per heavy atom. The Morgan fingerprint density at radius 2 is 1.88 bits per heavy atom. The maximum Gasteiger partial charge on any atom is 0.220 e. The minimum atomic E-state index is -0.745. The van der Waals surface area contributed by atoms with E-state index in [1.54, 1.807) is 13.2 Å². The van der Waals surface area contributed by atoms with Crippen LogP contribution in [0.25, 0.3) is 0 Å². The van der Waals surface area contributed by atoms with Crippen molar-refractivity contribution >= 4 is 5.91 Å². The molecule has 2 N–H and O–H groups in total. The van der Waals surface area contributed by atoms with Crippen LogP contribution in [0.2, 0.25) is 0 Å². The highest BCUT2D eigenvalue weighted by Crippen LogP contribution is 2.18. The Kier molecular flexibility index (Phi) is 6.38. The highest BCUT2D eigenvalue weighted by Gasteiger charge is 2.10. The fourth-order valence-corrected chi connectivity index (χ4v) is 2.74. The number of aliphatic hydroxyl groups is 1. The number of hydrogen-bond donors (Lipinski definition) is 2. The lowest BCUT2D eigenvalue weighted by Crippen LogP contribution is -2.28. The van der Waals surface area contributed by atoms with E-state index in [2.05, 4.69) is 37.4 Å². The summed E-state index contributed by atoms with van der Waals surface area (Å²) in [7, 11) is 1.58. The van der Waals surface area contributed by atoms with Crippen LogP contribution in [0, 0.1) is 13.8 Å². The summed E-state index contributed by atoms with van der Waals surface area (Å²) in [6.45, 7) is 4.31. The van der Waals surface area contributed by atoms with Crippen molar-refractivity contribution in [3.05, 3.63) is 64.7 Å². The van der Waals surface area contributed by atoms with Gasteiger partial charge in [0.25, 0.3) is 0 Å². The van der Waals surface area contributed by atoms with Gasteiger partial charge in [-0.3, -0.25) is 4.79 Å². The fraction of sp³-hybridized carbons (Fsp3) is 0.350. The molecule has 0 radical (unpaired) electrons. The van der Waals surface area contributed by atoms with Crippen molar-refractivity contribution < 1.29 is 14.6 Å². The molecule has 0 aliphatic carbocycles. The molecule has 0 saturated heterocycles. The molecule has 0 heterocycles. The van der Waals surface area contributed by atoms with Crippen LogP contribution in [0.1, 0.15) is 34.8 Å². The van der Waals surface area contributed by atoms with Gasteiger partial charge in [0, 0.05) is 13.0 Å². The Balaban J connectivity index is 1.82. The average Bonchev–Trinajstić information content (AvgIpc) is 2.57. The van der Waals surface area contributed by atoms with Crippen molar-refractivity contribution in [3.63, 3.8) is 0 Å². The van der Waals surface area contributed by atoms with Crippen LogP contribution >= 0.6 is 0 Å². The second kappa shape index (κ2) is 8.50. The average molecular weight is 327 g/mol. The maximum absolute atomic E-state index is 12.0. The molecule has 0 aliphatic rings. The number of aliphatic hydroxyl groups excluding tert-OH is 1. The first-order chi connectivity index (χ1) is 11.5. The molecule has 2 aromatic rings. The van der Waals surface area contributed by atoms with Gasteiger partial charge in [-0.15, -0.1) is 0 Å². The van der Waals surface area contributed by atoms with Crippen molar-refractivity contribution in [2.45, 2.75) is 32.8 Å². The summed E-state index contributed by atoms with van der Waals surface area (Å²) in [6.07, 6.45) is 0.363. The quantitative estimate of drug-likeness (QED) is 0.821. The molecule has 4 heteroatoms. The number of hydrogen-bond acceptors (Lipinski definition) is 3. The van der Waals surface area contributed by atoms with Crippen LogP contribution < -0.4 is 10.1 Å². The van der Waals surface area contributed by atoms with Gasteiger partial charge in [-0.1, -0.05) is 41.5 Å². The van der Waals surface area contributed by atoms with Crippen molar-refractivity contribution in [1.82, 2.24) is 5.32 Å². The van der Waals surface area contributed by atoms with E-state index in [0.717, 1.165) is 11.1 Å². The summed E-state index contributed by atoms with van der Waals surface area (Å²) in [4.78, 5) is 12.0. The molecule has 0 aromatic heterocycles. The van der Waals surface area contributed by atoms with Crippen molar-refractivity contribution in [2.24, 2.45) is 0 Å². The maximum atomic E-state index is 12.0. The summed E-state index contributed by atoms with van der Waals surface area (Å²) in [5.41, 5.74) is 4.30. The molecule has 24 heavy (non-hydrogen) atoms. The molecule has 2 aromatic carbocycles. The zero-order chi connectivity index (χ0) is 17.5. The number of methoxy groups -OCH3 is 1. The number of aryl methyl sites for hydroxylation is 3. The largest absolute Gasteiger partial charge is 0.497 e. The number of benzene rings is 2. The third kappa shape index (κ3) is 5.39. The third-order valence-electron chi connectivity index (χ3n) is 3.89. The van der Waals surface area contributed by atoms with Gasteiger partial charge < -0.3 is 15.2 Å². The van der Waals surface area contributed by atoms with E-state index in [1.807, 2.05) is 18.2 Å². The fourth-order valence-electron chi connectivity index (χ4n) is 2.74. The molecule has 0 fully saturated rings. The highest BCUT2D eigenvalue weighted by atomic mass is 16.5. The van der Waals surface area contributed by atoms with Gasteiger partial charge in [0.1, 0.15) is 5.75 Å². The Hall–Kier alpha value is -2.33. The smallest absolute Gasteiger partial charge is 0.220 e. The summed E-state index contributed by atoms with van der Waals surface area (Å²) < 4.78 is 5.14. The van der Waals surface area contributed by atoms with Crippen LogP contribution in [0.5, 0.6) is 5.75 Å². The molecular formula is C20H25NO3. The van der Waals surface area contributed by atoms with Crippen molar-refractivity contribution in [1.29, 1.82) is 0 Å². The second-order valence-electron chi connectivity index (χ2n) is 6.09. The summed E-state index contributed by atoms with van der Waals surface area (Å²) in [6, 6.07) is 13.5. The number of amides is 1. The number of rotatable bonds is 7. The molecule has 0 spiro atoms. The van der Waals surface area contributed by atoms with E-state index in [1.165, 1.54) is 11.1 Å². The summed E-state index contributed by atoms with van der Waals surface area (Å²) in [5.74, 6) is 0.629. The lowest BCUT2D eigenvalue weighted by molar-refractivity contribution is -0.121. The van der Waals surface area contributed by atoms with Crippen LogP contribution in [0.4, 0.5) is 0 Å². The van der Waals surface area contributed by atoms with E-state index in [0.29, 0.717) is 18.6 Å². The monoisotopic (exact) mass is 327 g/mol. The first kappa shape index (κ1) is 18.0. The SMILES string of the molecule is COc1cccc(C(O)CNC(=O)CCc2cc(C)cc(C)c2)c1. The summed E-state index contributed by atoms with van der Waals surface area (Å²) >= 11 is 0. The molecule has 0 bridgehead atoms. The highest BCUT2D eigenvalue weighted by molar-refractivity contribution is 5.76. The molecule has 1 unspecified atom stereocenters. The van der Waals surface area contributed by atoms with Gasteiger partial charge in [-0.05, 0) is 43.5 Å². The number of carbonyl (C=O) groups is 1. The zero-order valence-electron chi connectivity index (χ0n) is 14.5. The molecule has 2 rings (SSSR count). The Bertz CT molecular complexity index is 677. The molecule has 128 valence electrons. The van der Waals surface area contributed by atoms with E-state index in [4.69, 9.17) is 4.74 Å². The first-order valence-electron chi connectivity index (χ1n) is 8.14. The van der Waals surface area contributed by atoms with E-state index < -0.39 is 6.10 Å². The normalized spacial score (nSPS) is 11.8. The number of ether oxygens (including phenoxy) is 1. The summed E-state index contributed by atoms with van der Waals surface area (Å²) in [5, 5.41) is 13.0. The first-order valence-corrected chi connectivity index (χ1v) is 8.14. The zero-order valence-corrected chi connectivity index (χ0v) is 14.5. The standard InChI is InChI=1S/C20H25NO3/c1-14-9-15(2)11-16(10-14)7-8-20(23)21-13-19(22)17-5-4-6-18(12-17)24-3/h4-6,9-12,19,22H,7-8,13H2,1-3H3,(H,21,23). The van der Waals surface area contributed by atoms with E-state index in [-0.39, 0.29) is 12.5 Å². The molecule has 1 amide bonds. The van der Waals surface area contributed by atoms with Crippen molar-refractivity contribution in [3.8, 4) is 5.75 Å². The third-order valence-corrected chi connectivity index (χ3v) is 3.89. The molecule has 1 atom stereocenters. The number of nitrogens with one attached hydrogen (secondary N) is 1. The topological polar surface area (TPSA) is 58.6 Å². The van der Waals surface area contributed by atoms with Gasteiger partial charge in [-0.2, -0.15) is 0 Å². The van der Waals surface area contributed by atoms with Crippen LogP contribution in [0.15, 0.2) is 42.5 Å². The second-order valence-corrected chi connectivity index (χ2v) is 6.09. The molecule has 0 saturated carbocycles. The minimum Gasteiger partial charge on any atom is -0.497 e. The Morgan fingerprint density at radius 3 is 2.54 bits per heavy atom. The van der Waals surface area contributed by atoms with Crippen molar-refractivity contribution in [2.75, 3.05) is 13.7 Å². The molecular weight excluding hydrogens is 302 g/mol. The predicted octanol–water partition coefficient (Wildman–Crippen LogP) is 3.09. The lowest BCUT2D eigenvalue weighted by Gasteiger charge is -2.13. The Labute approximate surface area is 143 Å². The van der Waals surface area contributed by atoms with Crippen LogP contribution in [0.3, 0.4) is 0 Å². The van der Waals surface area contributed by atoms with Gasteiger partial charge >= 0.3 is 0 Å². The lowest BCUT2D eigenvalue weighted by atomic mass is 10.0. The van der Waals surface area contributed by atoms with Gasteiger partial charge in [-0.25, -0.2) is 0 Å². The van der Waals surface area contributed by atoms with Gasteiger partial charge in [0.05, 0.1) is 13.2 Å². The predicted molar refractivity (Wildman–Crippen MR) is 95.2 cm³/mol. The van der Waals surface area contributed by atoms with E-state index in [9.17, 15) is 9.90 Å².